The number of carbonyl (C=O) groups is 4. The number of aliphatic hydroxyl groups is 1. The zero-order valence-corrected chi connectivity index (χ0v) is 17.7. The monoisotopic (exact) mass is 434 g/mol. The van der Waals surface area contributed by atoms with Gasteiger partial charge in [0.1, 0.15) is 18.1 Å². The number of carboxylic acid groups (broad SMARTS) is 1. The van der Waals surface area contributed by atoms with Crippen LogP contribution < -0.4 is 16.4 Å². The van der Waals surface area contributed by atoms with Gasteiger partial charge in [-0.25, -0.2) is 0 Å². The third-order valence-corrected chi connectivity index (χ3v) is 5.25. The molecule has 0 saturated carbocycles. The van der Waals surface area contributed by atoms with Crippen molar-refractivity contribution in [2.45, 2.75) is 63.4 Å². The minimum Gasteiger partial charge on any atom is -0.480 e. The number of carbonyl (C=O) groups excluding carboxylic acids is 3. The standard InChI is InChI=1S/C21H30N4O6/c1-12(21(30)31)23-19(28)17(13(2)26)24-18(27)16-9-6-10-25(16)20(29)15(22)11-14-7-4-3-5-8-14/h3-5,7-8,12-13,15-17,26H,6,9-11,22H2,1-2H3,(H,23,28)(H,24,27)(H,30,31). The first-order valence-electron chi connectivity index (χ1n) is 10.2. The van der Waals surface area contributed by atoms with Gasteiger partial charge in [0.25, 0.3) is 0 Å². The summed E-state index contributed by atoms with van der Waals surface area (Å²) in [6.45, 7) is 2.94. The minimum absolute atomic E-state index is 0.330. The molecule has 0 spiro atoms. The van der Waals surface area contributed by atoms with E-state index in [1.807, 2.05) is 30.3 Å². The van der Waals surface area contributed by atoms with Gasteiger partial charge in [0.15, 0.2) is 0 Å². The number of nitrogens with two attached hydrogens (primary N) is 1. The van der Waals surface area contributed by atoms with Crippen molar-refractivity contribution in [1.82, 2.24) is 15.5 Å². The van der Waals surface area contributed by atoms with Gasteiger partial charge in [-0.2, -0.15) is 0 Å². The van der Waals surface area contributed by atoms with E-state index in [1.165, 1.54) is 18.7 Å². The summed E-state index contributed by atoms with van der Waals surface area (Å²) in [7, 11) is 0. The van der Waals surface area contributed by atoms with Crippen molar-refractivity contribution < 1.29 is 29.4 Å². The first kappa shape index (κ1) is 24.3. The Kier molecular flexibility index (Phi) is 8.52. The lowest BCUT2D eigenvalue weighted by atomic mass is 10.0. The molecule has 170 valence electrons. The van der Waals surface area contributed by atoms with Gasteiger partial charge in [0.2, 0.25) is 17.7 Å². The van der Waals surface area contributed by atoms with Crippen LogP contribution in [0.25, 0.3) is 0 Å². The molecule has 1 aromatic rings. The second-order valence-electron chi connectivity index (χ2n) is 7.78. The highest BCUT2D eigenvalue weighted by atomic mass is 16.4. The minimum atomic E-state index is -1.36. The van der Waals surface area contributed by atoms with Gasteiger partial charge in [-0.05, 0) is 38.7 Å². The SMILES string of the molecule is CC(NC(=O)C(NC(=O)C1CCCN1C(=O)C(N)Cc1ccccc1)C(C)O)C(=O)O. The maximum Gasteiger partial charge on any atom is 0.325 e. The van der Waals surface area contributed by atoms with Crippen molar-refractivity contribution >= 4 is 23.7 Å². The maximum atomic E-state index is 12.9. The molecule has 1 aliphatic heterocycles. The summed E-state index contributed by atoms with van der Waals surface area (Å²) >= 11 is 0. The number of nitrogens with one attached hydrogen (secondary N) is 2. The van der Waals surface area contributed by atoms with Crippen molar-refractivity contribution in [3.8, 4) is 0 Å². The third kappa shape index (κ3) is 6.50. The number of carboxylic acids is 1. The molecule has 0 aromatic heterocycles. The second kappa shape index (κ2) is 10.9. The zero-order chi connectivity index (χ0) is 23.1. The second-order valence-corrected chi connectivity index (χ2v) is 7.78. The summed E-state index contributed by atoms with van der Waals surface area (Å²) in [6.07, 6.45) is 0.0607. The fourth-order valence-corrected chi connectivity index (χ4v) is 3.49. The van der Waals surface area contributed by atoms with E-state index in [2.05, 4.69) is 10.6 Å². The molecule has 1 heterocycles. The largest absolute Gasteiger partial charge is 0.480 e. The van der Waals surface area contributed by atoms with E-state index >= 15 is 0 Å². The fraction of sp³-hybridized carbons (Fsp3) is 0.524. The number of rotatable bonds is 9. The van der Waals surface area contributed by atoms with Gasteiger partial charge >= 0.3 is 5.97 Å². The first-order valence-corrected chi connectivity index (χ1v) is 10.2. The van der Waals surface area contributed by atoms with Crippen LogP contribution >= 0.6 is 0 Å². The van der Waals surface area contributed by atoms with Gasteiger partial charge in [-0.3, -0.25) is 19.2 Å². The number of hydrogen-bond acceptors (Lipinski definition) is 6. The number of likely N-dealkylation sites (tertiary alicyclic amines) is 1. The molecule has 0 radical (unpaired) electrons. The molecule has 0 aliphatic carbocycles. The van der Waals surface area contributed by atoms with Gasteiger partial charge in [-0.1, -0.05) is 30.3 Å². The van der Waals surface area contributed by atoms with E-state index in [-0.39, 0.29) is 5.91 Å². The molecule has 10 heteroatoms. The molecule has 0 bridgehead atoms. The lowest BCUT2D eigenvalue weighted by Crippen LogP contribution is -2.59. The zero-order valence-electron chi connectivity index (χ0n) is 17.7. The average Bonchev–Trinajstić information content (AvgIpc) is 3.21. The van der Waals surface area contributed by atoms with Crippen LogP contribution in [-0.2, 0) is 25.6 Å². The van der Waals surface area contributed by atoms with Gasteiger partial charge in [0, 0.05) is 6.54 Å². The maximum absolute atomic E-state index is 12.9. The Morgan fingerprint density at radius 3 is 2.39 bits per heavy atom. The molecule has 1 aliphatic rings. The van der Waals surface area contributed by atoms with Crippen molar-refractivity contribution in [3.05, 3.63) is 35.9 Å². The molecule has 10 nitrogen and oxygen atoms in total. The molecule has 31 heavy (non-hydrogen) atoms. The molecular formula is C21H30N4O6. The summed E-state index contributed by atoms with van der Waals surface area (Å²) in [5, 5.41) is 23.5. The summed E-state index contributed by atoms with van der Waals surface area (Å²) in [5.74, 6) is -3.03. The quantitative estimate of drug-likeness (QED) is 0.333. The summed E-state index contributed by atoms with van der Waals surface area (Å²) in [6, 6.07) is 5.12. The summed E-state index contributed by atoms with van der Waals surface area (Å²) in [5.41, 5.74) is 6.99. The topological polar surface area (TPSA) is 162 Å². The Balaban J connectivity index is 2.04. The average molecular weight is 434 g/mol. The van der Waals surface area contributed by atoms with Crippen LogP contribution in [0.15, 0.2) is 30.3 Å². The summed E-state index contributed by atoms with van der Waals surface area (Å²) in [4.78, 5) is 50.4. The van der Waals surface area contributed by atoms with Crippen molar-refractivity contribution in [2.24, 2.45) is 5.73 Å². The Morgan fingerprint density at radius 1 is 1.16 bits per heavy atom. The summed E-state index contributed by atoms with van der Waals surface area (Å²) < 4.78 is 0. The van der Waals surface area contributed by atoms with E-state index in [0.29, 0.717) is 25.8 Å². The van der Waals surface area contributed by atoms with E-state index in [9.17, 15) is 24.3 Å². The van der Waals surface area contributed by atoms with Crippen LogP contribution in [0, 0.1) is 0 Å². The van der Waals surface area contributed by atoms with Gasteiger partial charge < -0.3 is 31.5 Å². The van der Waals surface area contributed by atoms with E-state index in [4.69, 9.17) is 10.8 Å². The number of benzene rings is 1. The molecule has 1 fully saturated rings. The lowest BCUT2D eigenvalue weighted by Gasteiger charge is -2.29. The number of nitrogens with zero attached hydrogens (tertiary/aromatic N) is 1. The highest BCUT2D eigenvalue weighted by Gasteiger charge is 2.38. The lowest BCUT2D eigenvalue weighted by molar-refractivity contribution is -0.143. The first-order chi connectivity index (χ1) is 14.6. The predicted molar refractivity (Wildman–Crippen MR) is 112 cm³/mol. The fourth-order valence-electron chi connectivity index (χ4n) is 3.49. The Hall–Kier alpha value is -2.98. The number of amides is 3. The molecule has 6 N–H and O–H groups in total. The van der Waals surface area contributed by atoms with E-state index < -0.39 is 48.1 Å². The van der Waals surface area contributed by atoms with Crippen LogP contribution in [-0.4, -0.2) is 75.6 Å². The molecule has 1 saturated heterocycles. The highest BCUT2D eigenvalue weighted by molar-refractivity contribution is 5.94. The number of hydrogen-bond donors (Lipinski definition) is 5. The van der Waals surface area contributed by atoms with Crippen molar-refractivity contribution in [3.63, 3.8) is 0 Å². The number of aliphatic hydroxyl groups excluding tert-OH is 1. The molecular weight excluding hydrogens is 404 g/mol. The number of aliphatic carboxylic acids is 1. The van der Waals surface area contributed by atoms with Gasteiger partial charge in [0.05, 0.1) is 12.1 Å². The van der Waals surface area contributed by atoms with Crippen molar-refractivity contribution in [2.75, 3.05) is 6.54 Å². The smallest absolute Gasteiger partial charge is 0.325 e. The Bertz CT molecular complexity index is 800. The molecule has 5 atom stereocenters. The van der Waals surface area contributed by atoms with Crippen LogP contribution in [0.3, 0.4) is 0 Å². The Morgan fingerprint density at radius 2 is 1.81 bits per heavy atom. The van der Waals surface area contributed by atoms with Crippen LogP contribution in [0.5, 0.6) is 0 Å². The van der Waals surface area contributed by atoms with Gasteiger partial charge in [-0.15, -0.1) is 0 Å². The van der Waals surface area contributed by atoms with Crippen LogP contribution in [0.4, 0.5) is 0 Å². The molecule has 3 amide bonds. The van der Waals surface area contributed by atoms with Crippen LogP contribution in [0.2, 0.25) is 0 Å². The van der Waals surface area contributed by atoms with Crippen molar-refractivity contribution in [1.29, 1.82) is 0 Å². The molecule has 1 aromatic carbocycles. The van der Waals surface area contributed by atoms with Crippen LogP contribution in [0.1, 0.15) is 32.3 Å². The third-order valence-electron chi connectivity index (χ3n) is 5.25. The molecule has 2 rings (SSSR count). The Labute approximate surface area is 180 Å². The predicted octanol–water partition coefficient (Wildman–Crippen LogP) is -0.998. The highest BCUT2D eigenvalue weighted by Crippen LogP contribution is 2.19. The van der Waals surface area contributed by atoms with E-state index in [1.54, 1.807) is 0 Å². The normalized spacial score (nSPS) is 19.7. The van der Waals surface area contributed by atoms with E-state index in [0.717, 1.165) is 5.56 Å². The molecule has 5 unspecified atom stereocenters.